The van der Waals surface area contributed by atoms with Crippen LogP contribution >= 0.6 is 0 Å². The van der Waals surface area contributed by atoms with E-state index in [9.17, 15) is 0 Å². The second-order valence-electron chi connectivity index (χ2n) is 5.33. The van der Waals surface area contributed by atoms with Gasteiger partial charge in [0.2, 0.25) is 5.95 Å². The lowest BCUT2D eigenvalue weighted by Gasteiger charge is -2.14. The van der Waals surface area contributed by atoms with Gasteiger partial charge in [0.1, 0.15) is 5.75 Å². The highest BCUT2D eigenvalue weighted by Crippen LogP contribution is 2.23. The van der Waals surface area contributed by atoms with Crippen LogP contribution in [0.1, 0.15) is 19.5 Å². The standard InChI is InChI=1S/C16H22N4O/c1-11(2)21-14-7-5-12(6-8-14)15-9-13(10-17)18-16(19-15)20(3)4/h5-9,11H,10,17H2,1-4H3. The van der Waals surface area contributed by atoms with Crippen LogP contribution in [0.4, 0.5) is 5.95 Å². The van der Waals surface area contributed by atoms with Crippen molar-refractivity contribution < 1.29 is 4.74 Å². The van der Waals surface area contributed by atoms with Crippen LogP contribution in [0.3, 0.4) is 0 Å². The van der Waals surface area contributed by atoms with Crippen molar-refractivity contribution >= 4 is 5.95 Å². The molecule has 5 heteroatoms. The van der Waals surface area contributed by atoms with Crippen LogP contribution < -0.4 is 15.4 Å². The van der Waals surface area contributed by atoms with Crippen LogP contribution in [0.25, 0.3) is 11.3 Å². The third-order valence-electron chi connectivity index (χ3n) is 2.90. The smallest absolute Gasteiger partial charge is 0.225 e. The van der Waals surface area contributed by atoms with E-state index in [-0.39, 0.29) is 6.10 Å². The van der Waals surface area contributed by atoms with Gasteiger partial charge in [-0.2, -0.15) is 0 Å². The number of hydrogen-bond acceptors (Lipinski definition) is 5. The molecule has 21 heavy (non-hydrogen) atoms. The lowest BCUT2D eigenvalue weighted by atomic mass is 10.1. The molecule has 0 fully saturated rings. The van der Waals surface area contributed by atoms with Gasteiger partial charge in [0, 0.05) is 26.2 Å². The summed E-state index contributed by atoms with van der Waals surface area (Å²) in [6.45, 7) is 4.41. The van der Waals surface area contributed by atoms with Crippen molar-refractivity contribution in [3.63, 3.8) is 0 Å². The normalized spacial score (nSPS) is 10.8. The van der Waals surface area contributed by atoms with Crippen molar-refractivity contribution in [2.24, 2.45) is 5.73 Å². The Labute approximate surface area is 125 Å². The van der Waals surface area contributed by atoms with E-state index >= 15 is 0 Å². The predicted molar refractivity (Wildman–Crippen MR) is 85.5 cm³/mol. The molecule has 0 radical (unpaired) electrons. The average molecular weight is 286 g/mol. The molecule has 2 rings (SSSR count). The third kappa shape index (κ3) is 3.92. The van der Waals surface area contributed by atoms with Gasteiger partial charge >= 0.3 is 0 Å². The summed E-state index contributed by atoms with van der Waals surface area (Å²) in [5, 5.41) is 0. The van der Waals surface area contributed by atoms with Crippen molar-refractivity contribution in [1.29, 1.82) is 0 Å². The zero-order valence-corrected chi connectivity index (χ0v) is 13.0. The van der Waals surface area contributed by atoms with Crippen LogP contribution in [0.2, 0.25) is 0 Å². The number of nitrogens with zero attached hydrogens (tertiary/aromatic N) is 3. The molecule has 0 aliphatic rings. The molecule has 1 heterocycles. The Kier molecular flexibility index (Phi) is 4.75. The van der Waals surface area contributed by atoms with Crippen LogP contribution in [-0.2, 0) is 6.54 Å². The van der Waals surface area contributed by atoms with Crippen molar-refractivity contribution in [3.8, 4) is 17.0 Å². The minimum atomic E-state index is 0.166. The Morgan fingerprint density at radius 1 is 1.14 bits per heavy atom. The number of nitrogens with two attached hydrogens (primary N) is 1. The number of anilines is 1. The summed E-state index contributed by atoms with van der Waals surface area (Å²) in [5.41, 5.74) is 8.43. The van der Waals surface area contributed by atoms with Gasteiger partial charge in [-0.05, 0) is 44.2 Å². The molecule has 1 aromatic heterocycles. The zero-order valence-electron chi connectivity index (χ0n) is 13.0. The van der Waals surface area contributed by atoms with Gasteiger partial charge in [-0.15, -0.1) is 0 Å². The van der Waals surface area contributed by atoms with E-state index in [1.807, 2.05) is 63.2 Å². The molecule has 5 nitrogen and oxygen atoms in total. The monoisotopic (exact) mass is 286 g/mol. The van der Waals surface area contributed by atoms with Crippen molar-refractivity contribution in [2.45, 2.75) is 26.5 Å². The highest BCUT2D eigenvalue weighted by molar-refractivity contribution is 5.62. The Balaban J connectivity index is 2.34. The second kappa shape index (κ2) is 6.54. The van der Waals surface area contributed by atoms with E-state index in [2.05, 4.69) is 9.97 Å². The van der Waals surface area contributed by atoms with Crippen molar-refractivity contribution in [2.75, 3.05) is 19.0 Å². The van der Waals surface area contributed by atoms with Gasteiger partial charge in [-0.3, -0.25) is 0 Å². The molecular weight excluding hydrogens is 264 g/mol. The molecule has 0 amide bonds. The molecule has 0 bridgehead atoms. The first-order chi connectivity index (χ1) is 9.99. The summed E-state index contributed by atoms with van der Waals surface area (Å²) in [6, 6.07) is 9.83. The van der Waals surface area contributed by atoms with Crippen LogP contribution in [0.15, 0.2) is 30.3 Å². The van der Waals surface area contributed by atoms with Crippen LogP contribution in [0, 0.1) is 0 Å². The van der Waals surface area contributed by atoms with Gasteiger partial charge in [0.05, 0.1) is 17.5 Å². The Hall–Kier alpha value is -2.14. The minimum Gasteiger partial charge on any atom is -0.491 e. The van der Waals surface area contributed by atoms with E-state index in [4.69, 9.17) is 10.5 Å². The fraction of sp³-hybridized carbons (Fsp3) is 0.375. The molecule has 0 aliphatic carbocycles. The molecule has 0 unspecified atom stereocenters. The maximum atomic E-state index is 5.72. The number of aromatic nitrogens is 2. The molecule has 0 spiro atoms. The van der Waals surface area contributed by atoms with Gasteiger partial charge in [0.15, 0.2) is 0 Å². The topological polar surface area (TPSA) is 64.3 Å². The Morgan fingerprint density at radius 3 is 2.33 bits per heavy atom. The molecule has 1 aromatic carbocycles. The summed E-state index contributed by atoms with van der Waals surface area (Å²) >= 11 is 0. The average Bonchev–Trinajstić information content (AvgIpc) is 2.46. The molecule has 0 aliphatic heterocycles. The lowest BCUT2D eigenvalue weighted by molar-refractivity contribution is 0.242. The predicted octanol–water partition coefficient (Wildman–Crippen LogP) is 2.46. The van der Waals surface area contributed by atoms with Gasteiger partial charge in [0.25, 0.3) is 0 Å². The second-order valence-corrected chi connectivity index (χ2v) is 5.33. The number of hydrogen-bond donors (Lipinski definition) is 1. The van der Waals surface area contributed by atoms with E-state index < -0.39 is 0 Å². The molecule has 2 N–H and O–H groups in total. The first-order valence-corrected chi connectivity index (χ1v) is 7.02. The first kappa shape index (κ1) is 15.3. The van der Waals surface area contributed by atoms with Crippen molar-refractivity contribution in [1.82, 2.24) is 9.97 Å². The molecule has 0 saturated carbocycles. The summed E-state index contributed by atoms with van der Waals surface area (Å²) in [6.07, 6.45) is 0.166. The minimum absolute atomic E-state index is 0.166. The molecular formula is C16H22N4O. The highest BCUT2D eigenvalue weighted by Gasteiger charge is 2.08. The quantitative estimate of drug-likeness (QED) is 0.914. The number of rotatable bonds is 5. The summed E-state index contributed by atoms with van der Waals surface area (Å²) in [5.74, 6) is 1.52. The lowest BCUT2D eigenvalue weighted by Crippen LogP contribution is -2.15. The largest absolute Gasteiger partial charge is 0.491 e. The summed E-state index contributed by atoms with van der Waals surface area (Å²) in [7, 11) is 3.83. The number of ether oxygens (including phenoxy) is 1. The maximum Gasteiger partial charge on any atom is 0.225 e. The fourth-order valence-corrected chi connectivity index (χ4v) is 1.91. The summed E-state index contributed by atoms with van der Waals surface area (Å²) < 4.78 is 5.65. The maximum absolute atomic E-state index is 5.72. The van der Waals surface area contributed by atoms with Crippen molar-refractivity contribution in [3.05, 3.63) is 36.0 Å². The van der Waals surface area contributed by atoms with E-state index in [1.165, 1.54) is 0 Å². The van der Waals surface area contributed by atoms with Crippen LogP contribution in [0.5, 0.6) is 5.75 Å². The fourth-order valence-electron chi connectivity index (χ4n) is 1.91. The zero-order chi connectivity index (χ0) is 15.4. The number of benzene rings is 1. The van der Waals surface area contributed by atoms with E-state index in [1.54, 1.807) is 0 Å². The van der Waals surface area contributed by atoms with Crippen LogP contribution in [-0.4, -0.2) is 30.2 Å². The summed E-state index contributed by atoms with van der Waals surface area (Å²) in [4.78, 5) is 10.8. The van der Waals surface area contributed by atoms with Gasteiger partial charge in [-0.1, -0.05) is 0 Å². The van der Waals surface area contributed by atoms with E-state index in [0.29, 0.717) is 12.5 Å². The molecule has 2 aromatic rings. The Bertz CT molecular complexity index is 594. The van der Waals surface area contributed by atoms with Gasteiger partial charge in [-0.25, -0.2) is 9.97 Å². The molecule has 112 valence electrons. The third-order valence-corrected chi connectivity index (χ3v) is 2.90. The molecule has 0 atom stereocenters. The van der Waals surface area contributed by atoms with E-state index in [0.717, 1.165) is 22.7 Å². The highest BCUT2D eigenvalue weighted by atomic mass is 16.5. The van der Waals surface area contributed by atoms with Gasteiger partial charge < -0.3 is 15.4 Å². The SMILES string of the molecule is CC(C)Oc1ccc(-c2cc(CN)nc(N(C)C)n2)cc1. The Morgan fingerprint density at radius 2 is 1.81 bits per heavy atom. The molecule has 0 saturated heterocycles. The first-order valence-electron chi connectivity index (χ1n) is 7.02.